The summed E-state index contributed by atoms with van der Waals surface area (Å²) in [6.07, 6.45) is 0. The Labute approximate surface area is 101 Å². The summed E-state index contributed by atoms with van der Waals surface area (Å²) >= 11 is 0. The van der Waals surface area contributed by atoms with E-state index in [1.807, 2.05) is 49.3 Å². The number of hydrogen-bond acceptors (Lipinski definition) is 3. The molecule has 2 aromatic carbocycles. The molecule has 0 aromatic heterocycles. The minimum atomic E-state index is -0.301. The number of ether oxygens (including phenoxy) is 1. The smallest absolute Gasteiger partial charge is 0.338 e. The highest BCUT2D eigenvalue weighted by Crippen LogP contribution is 2.29. The number of anilines is 1. The van der Waals surface area contributed by atoms with Gasteiger partial charge in [-0.2, -0.15) is 0 Å². The zero-order chi connectivity index (χ0) is 12.4. The number of rotatable bonds is 2. The molecule has 0 amide bonds. The number of carbonyl (C=O) groups is 1. The first-order valence-corrected chi connectivity index (χ1v) is 5.42. The molecule has 0 fully saturated rings. The number of esters is 1. The van der Waals surface area contributed by atoms with Crippen LogP contribution in [0.25, 0.3) is 10.8 Å². The summed E-state index contributed by atoms with van der Waals surface area (Å²) in [6, 6.07) is 11.6. The predicted molar refractivity (Wildman–Crippen MR) is 69.6 cm³/mol. The van der Waals surface area contributed by atoms with Crippen LogP contribution in [0.15, 0.2) is 36.4 Å². The van der Waals surface area contributed by atoms with Gasteiger partial charge in [-0.1, -0.05) is 24.3 Å². The lowest BCUT2D eigenvalue weighted by molar-refractivity contribution is 0.0603. The van der Waals surface area contributed by atoms with Gasteiger partial charge in [-0.3, -0.25) is 0 Å². The quantitative estimate of drug-likeness (QED) is 0.741. The van der Waals surface area contributed by atoms with Gasteiger partial charge in [0.05, 0.1) is 12.7 Å². The third kappa shape index (κ3) is 1.96. The van der Waals surface area contributed by atoms with Crippen LogP contribution in [-0.2, 0) is 4.74 Å². The Hall–Kier alpha value is -2.03. The number of hydrogen-bond donors (Lipinski definition) is 0. The molecule has 2 aromatic rings. The Morgan fingerprint density at radius 3 is 2.35 bits per heavy atom. The summed E-state index contributed by atoms with van der Waals surface area (Å²) in [5.41, 5.74) is 1.62. The summed E-state index contributed by atoms with van der Waals surface area (Å²) < 4.78 is 4.82. The fourth-order valence-electron chi connectivity index (χ4n) is 1.97. The Balaban J connectivity index is 2.80. The molecular weight excluding hydrogens is 214 g/mol. The van der Waals surface area contributed by atoms with Crippen LogP contribution >= 0.6 is 0 Å². The van der Waals surface area contributed by atoms with Gasteiger partial charge in [0.15, 0.2) is 0 Å². The molecule has 0 saturated heterocycles. The van der Waals surface area contributed by atoms with Crippen molar-refractivity contribution in [3.05, 3.63) is 42.0 Å². The number of fused-ring (bicyclic) bond motifs is 1. The van der Waals surface area contributed by atoms with Crippen LogP contribution in [0.1, 0.15) is 10.4 Å². The highest BCUT2D eigenvalue weighted by Gasteiger charge is 2.13. The second kappa shape index (κ2) is 4.45. The van der Waals surface area contributed by atoms with Crippen molar-refractivity contribution in [2.24, 2.45) is 0 Å². The maximum Gasteiger partial charge on any atom is 0.338 e. The van der Waals surface area contributed by atoms with Crippen molar-refractivity contribution in [3.63, 3.8) is 0 Å². The van der Waals surface area contributed by atoms with Crippen molar-refractivity contribution in [2.45, 2.75) is 0 Å². The van der Waals surface area contributed by atoms with E-state index in [0.717, 1.165) is 16.5 Å². The normalized spacial score (nSPS) is 10.3. The van der Waals surface area contributed by atoms with E-state index in [-0.39, 0.29) is 5.97 Å². The molecule has 0 unspecified atom stereocenters. The van der Waals surface area contributed by atoms with Crippen molar-refractivity contribution in [3.8, 4) is 0 Å². The molecular formula is C14H15NO2. The van der Waals surface area contributed by atoms with E-state index in [4.69, 9.17) is 4.74 Å². The second-order valence-electron chi connectivity index (χ2n) is 4.07. The molecule has 0 radical (unpaired) electrons. The molecule has 2 rings (SSSR count). The van der Waals surface area contributed by atoms with Crippen LogP contribution in [0, 0.1) is 0 Å². The van der Waals surface area contributed by atoms with Crippen molar-refractivity contribution < 1.29 is 9.53 Å². The summed E-state index contributed by atoms with van der Waals surface area (Å²) in [6.45, 7) is 0. The van der Waals surface area contributed by atoms with E-state index in [1.165, 1.54) is 7.11 Å². The lowest BCUT2D eigenvalue weighted by Gasteiger charge is -2.17. The average Bonchev–Trinajstić information content (AvgIpc) is 2.36. The van der Waals surface area contributed by atoms with E-state index in [0.29, 0.717) is 5.56 Å². The molecule has 0 aliphatic heterocycles. The molecule has 0 aliphatic carbocycles. The van der Waals surface area contributed by atoms with Crippen LogP contribution in [0.2, 0.25) is 0 Å². The van der Waals surface area contributed by atoms with E-state index in [1.54, 1.807) is 6.07 Å². The van der Waals surface area contributed by atoms with Crippen LogP contribution < -0.4 is 4.90 Å². The zero-order valence-electron chi connectivity index (χ0n) is 10.2. The highest BCUT2D eigenvalue weighted by atomic mass is 16.5. The first kappa shape index (κ1) is 11.5. The zero-order valence-corrected chi connectivity index (χ0v) is 10.2. The summed E-state index contributed by atoms with van der Waals surface area (Å²) in [7, 11) is 5.32. The van der Waals surface area contributed by atoms with Gasteiger partial charge in [0.25, 0.3) is 0 Å². The fraction of sp³-hybridized carbons (Fsp3) is 0.214. The van der Waals surface area contributed by atoms with Crippen LogP contribution in [0.5, 0.6) is 0 Å². The van der Waals surface area contributed by atoms with Gasteiger partial charge in [-0.05, 0) is 17.5 Å². The van der Waals surface area contributed by atoms with E-state index in [2.05, 4.69) is 0 Å². The summed E-state index contributed by atoms with van der Waals surface area (Å²) in [5.74, 6) is -0.301. The van der Waals surface area contributed by atoms with Gasteiger partial charge in [-0.25, -0.2) is 4.79 Å². The number of carbonyl (C=O) groups excluding carboxylic acids is 1. The SMILES string of the molecule is COC(=O)c1cccc2cccc(N(C)C)c12. The van der Waals surface area contributed by atoms with Crippen LogP contribution in [-0.4, -0.2) is 27.2 Å². The maximum absolute atomic E-state index is 11.8. The van der Waals surface area contributed by atoms with Gasteiger partial charge >= 0.3 is 5.97 Å². The third-order valence-corrected chi connectivity index (χ3v) is 2.77. The number of benzene rings is 2. The molecule has 17 heavy (non-hydrogen) atoms. The van der Waals surface area contributed by atoms with Crippen molar-refractivity contribution in [1.82, 2.24) is 0 Å². The Morgan fingerprint density at radius 2 is 1.76 bits per heavy atom. The minimum Gasteiger partial charge on any atom is -0.465 e. The number of methoxy groups -OCH3 is 1. The molecule has 0 bridgehead atoms. The highest BCUT2D eigenvalue weighted by molar-refractivity contribution is 6.09. The molecule has 0 aliphatic rings. The molecule has 0 N–H and O–H groups in total. The first-order chi connectivity index (χ1) is 8.15. The largest absolute Gasteiger partial charge is 0.465 e. The summed E-state index contributed by atoms with van der Waals surface area (Å²) in [5, 5.41) is 1.98. The lowest BCUT2D eigenvalue weighted by Crippen LogP contribution is -2.11. The molecule has 0 atom stereocenters. The second-order valence-corrected chi connectivity index (χ2v) is 4.07. The molecule has 3 heteroatoms. The first-order valence-electron chi connectivity index (χ1n) is 5.42. The minimum absolute atomic E-state index is 0.301. The Morgan fingerprint density at radius 1 is 1.12 bits per heavy atom. The monoisotopic (exact) mass is 229 g/mol. The predicted octanol–water partition coefficient (Wildman–Crippen LogP) is 2.69. The van der Waals surface area contributed by atoms with Gasteiger partial charge in [0.2, 0.25) is 0 Å². The molecule has 0 spiro atoms. The molecule has 0 saturated carbocycles. The standard InChI is InChI=1S/C14H15NO2/c1-15(2)12-9-5-7-10-6-4-8-11(13(10)12)14(16)17-3/h4-9H,1-3H3. The van der Waals surface area contributed by atoms with Crippen molar-refractivity contribution >= 4 is 22.4 Å². The lowest BCUT2D eigenvalue weighted by atomic mass is 10.0. The molecule has 88 valence electrons. The summed E-state index contributed by atoms with van der Waals surface area (Å²) in [4.78, 5) is 13.8. The van der Waals surface area contributed by atoms with E-state index >= 15 is 0 Å². The van der Waals surface area contributed by atoms with Crippen LogP contribution in [0.4, 0.5) is 5.69 Å². The topological polar surface area (TPSA) is 29.5 Å². The van der Waals surface area contributed by atoms with Gasteiger partial charge in [-0.15, -0.1) is 0 Å². The maximum atomic E-state index is 11.8. The van der Waals surface area contributed by atoms with E-state index in [9.17, 15) is 4.79 Å². The molecule has 0 heterocycles. The number of nitrogens with zero attached hydrogens (tertiary/aromatic N) is 1. The van der Waals surface area contributed by atoms with Crippen molar-refractivity contribution in [2.75, 3.05) is 26.1 Å². The van der Waals surface area contributed by atoms with E-state index < -0.39 is 0 Å². The fourth-order valence-corrected chi connectivity index (χ4v) is 1.97. The third-order valence-electron chi connectivity index (χ3n) is 2.77. The van der Waals surface area contributed by atoms with Gasteiger partial charge in [0, 0.05) is 25.2 Å². The van der Waals surface area contributed by atoms with Crippen LogP contribution in [0.3, 0.4) is 0 Å². The Bertz CT molecular complexity index is 556. The average molecular weight is 229 g/mol. The van der Waals surface area contributed by atoms with Crippen molar-refractivity contribution in [1.29, 1.82) is 0 Å². The molecule has 3 nitrogen and oxygen atoms in total. The Kier molecular flexibility index (Phi) is 3.00. The van der Waals surface area contributed by atoms with Gasteiger partial charge < -0.3 is 9.64 Å². The van der Waals surface area contributed by atoms with Gasteiger partial charge in [0.1, 0.15) is 0 Å².